The minimum atomic E-state index is -0.0673. The zero-order chi connectivity index (χ0) is 11.1. The number of likely N-dealkylation sites (N-methyl/N-ethyl adjacent to an activating group) is 1. The maximum Gasteiger partial charge on any atom is 0.0556 e. The molecule has 92 valence electrons. The first kappa shape index (κ1) is 11.0. The lowest BCUT2D eigenvalue weighted by Gasteiger charge is -2.53. The molecule has 0 spiro atoms. The summed E-state index contributed by atoms with van der Waals surface area (Å²) in [6, 6.07) is 2.64. The molecule has 3 aliphatic rings. The van der Waals surface area contributed by atoms with E-state index in [1.807, 2.05) is 0 Å². The normalized spacial score (nSPS) is 49.5. The number of hydrogen-bond donors (Lipinski definition) is 2. The summed E-state index contributed by atoms with van der Waals surface area (Å²) in [5.74, 6) is 0. The van der Waals surface area contributed by atoms with Crippen LogP contribution in [0.15, 0.2) is 0 Å². The molecule has 2 saturated carbocycles. The van der Waals surface area contributed by atoms with Gasteiger partial charge in [0.2, 0.25) is 0 Å². The van der Waals surface area contributed by atoms with Crippen molar-refractivity contribution >= 4 is 0 Å². The second-order valence-electron chi connectivity index (χ2n) is 5.93. The molecule has 2 aliphatic carbocycles. The van der Waals surface area contributed by atoms with Gasteiger partial charge in [-0.2, -0.15) is 0 Å². The summed E-state index contributed by atoms with van der Waals surface area (Å²) in [6.07, 6.45) is 8.51. The fourth-order valence-electron chi connectivity index (χ4n) is 4.11. The standard InChI is InChI=1S/C13H24N2O/c1-15-12-5-3-2-4-10(12)14-11-8-9(16)6-7-13(11)15/h9-14,16H,2-8H2,1H3. The summed E-state index contributed by atoms with van der Waals surface area (Å²) >= 11 is 0. The average Bonchev–Trinajstić information content (AvgIpc) is 2.29. The van der Waals surface area contributed by atoms with E-state index in [9.17, 15) is 5.11 Å². The Bertz CT molecular complexity index is 256. The lowest BCUT2D eigenvalue weighted by molar-refractivity contribution is -0.0180. The molecule has 2 N–H and O–H groups in total. The maximum atomic E-state index is 9.77. The molecule has 0 aromatic rings. The highest BCUT2D eigenvalue weighted by Crippen LogP contribution is 2.34. The number of aliphatic hydroxyl groups is 1. The average molecular weight is 224 g/mol. The predicted molar refractivity (Wildman–Crippen MR) is 64.4 cm³/mol. The van der Waals surface area contributed by atoms with Crippen molar-refractivity contribution in [1.29, 1.82) is 0 Å². The van der Waals surface area contributed by atoms with Crippen LogP contribution in [-0.2, 0) is 0 Å². The molecular formula is C13H24N2O. The van der Waals surface area contributed by atoms with E-state index in [2.05, 4.69) is 17.3 Å². The fraction of sp³-hybridized carbons (Fsp3) is 1.00. The third-order valence-corrected chi connectivity index (χ3v) is 4.99. The van der Waals surface area contributed by atoms with Gasteiger partial charge in [0.05, 0.1) is 6.10 Å². The van der Waals surface area contributed by atoms with Crippen molar-refractivity contribution in [2.75, 3.05) is 7.05 Å². The van der Waals surface area contributed by atoms with Crippen molar-refractivity contribution in [3.8, 4) is 0 Å². The van der Waals surface area contributed by atoms with E-state index in [1.54, 1.807) is 0 Å². The van der Waals surface area contributed by atoms with E-state index in [1.165, 1.54) is 32.1 Å². The lowest BCUT2D eigenvalue weighted by atomic mass is 9.79. The highest BCUT2D eigenvalue weighted by atomic mass is 16.3. The Hall–Kier alpha value is -0.120. The van der Waals surface area contributed by atoms with Gasteiger partial charge < -0.3 is 10.4 Å². The van der Waals surface area contributed by atoms with Crippen LogP contribution >= 0.6 is 0 Å². The molecule has 5 unspecified atom stereocenters. The fourth-order valence-corrected chi connectivity index (χ4v) is 4.11. The summed E-state index contributed by atoms with van der Waals surface area (Å²) in [6.45, 7) is 0. The number of nitrogens with one attached hydrogen (secondary N) is 1. The van der Waals surface area contributed by atoms with Crippen LogP contribution in [0.3, 0.4) is 0 Å². The second-order valence-corrected chi connectivity index (χ2v) is 5.93. The van der Waals surface area contributed by atoms with Crippen LogP contribution < -0.4 is 5.32 Å². The number of piperazine rings is 1. The van der Waals surface area contributed by atoms with E-state index in [-0.39, 0.29) is 6.10 Å². The van der Waals surface area contributed by atoms with Gasteiger partial charge >= 0.3 is 0 Å². The number of aliphatic hydroxyl groups excluding tert-OH is 1. The van der Waals surface area contributed by atoms with Gasteiger partial charge in [-0.1, -0.05) is 12.8 Å². The van der Waals surface area contributed by atoms with Crippen LogP contribution in [0.25, 0.3) is 0 Å². The van der Waals surface area contributed by atoms with E-state index in [0.717, 1.165) is 18.9 Å². The van der Waals surface area contributed by atoms with Gasteiger partial charge in [0, 0.05) is 24.2 Å². The number of rotatable bonds is 0. The molecule has 3 nitrogen and oxygen atoms in total. The maximum absolute atomic E-state index is 9.77. The van der Waals surface area contributed by atoms with Crippen molar-refractivity contribution in [1.82, 2.24) is 10.2 Å². The molecule has 0 aromatic carbocycles. The first-order chi connectivity index (χ1) is 7.75. The molecule has 16 heavy (non-hydrogen) atoms. The largest absolute Gasteiger partial charge is 0.393 e. The number of hydrogen-bond acceptors (Lipinski definition) is 3. The zero-order valence-electron chi connectivity index (χ0n) is 10.2. The summed E-state index contributed by atoms with van der Waals surface area (Å²) in [4.78, 5) is 2.62. The van der Waals surface area contributed by atoms with Gasteiger partial charge in [0.25, 0.3) is 0 Å². The summed E-state index contributed by atoms with van der Waals surface area (Å²) < 4.78 is 0. The Kier molecular flexibility index (Phi) is 2.94. The molecule has 0 bridgehead atoms. The highest BCUT2D eigenvalue weighted by molar-refractivity contribution is 5.02. The third-order valence-electron chi connectivity index (χ3n) is 4.99. The highest BCUT2D eigenvalue weighted by Gasteiger charge is 2.43. The van der Waals surface area contributed by atoms with Crippen molar-refractivity contribution in [2.45, 2.75) is 75.2 Å². The summed E-state index contributed by atoms with van der Waals surface area (Å²) in [5.41, 5.74) is 0. The van der Waals surface area contributed by atoms with Gasteiger partial charge in [0.1, 0.15) is 0 Å². The van der Waals surface area contributed by atoms with Crippen LogP contribution in [0, 0.1) is 0 Å². The summed E-state index contributed by atoms with van der Waals surface area (Å²) in [7, 11) is 2.30. The molecule has 3 rings (SSSR count). The topological polar surface area (TPSA) is 35.5 Å². The van der Waals surface area contributed by atoms with E-state index in [0.29, 0.717) is 18.1 Å². The van der Waals surface area contributed by atoms with Crippen molar-refractivity contribution in [2.24, 2.45) is 0 Å². The van der Waals surface area contributed by atoms with E-state index < -0.39 is 0 Å². The monoisotopic (exact) mass is 224 g/mol. The first-order valence-corrected chi connectivity index (χ1v) is 6.92. The van der Waals surface area contributed by atoms with Crippen LogP contribution in [0.5, 0.6) is 0 Å². The molecule has 0 aromatic heterocycles. The second kappa shape index (κ2) is 4.28. The molecule has 1 heterocycles. The Morgan fingerprint density at radius 2 is 1.75 bits per heavy atom. The van der Waals surface area contributed by atoms with Crippen molar-refractivity contribution in [3.63, 3.8) is 0 Å². The number of nitrogens with zero attached hydrogens (tertiary/aromatic N) is 1. The third kappa shape index (κ3) is 1.79. The van der Waals surface area contributed by atoms with Crippen molar-refractivity contribution < 1.29 is 5.11 Å². The zero-order valence-corrected chi connectivity index (χ0v) is 10.2. The predicted octanol–water partition coefficient (Wildman–Crippen LogP) is 1.11. The minimum absolute atomic E-state index is 0.0673. The Morgan fingerprint density at radius 3 is 2.62 bits per heavy atom. The molecule has 1 aliphatic heterocycles. The number of fused-ring (bicyclic) bond motifs is 2. The van der Waals surface area contributed by atoms with Crippen LogP contribution in [0.4, 0.5) is 0 Å². The van der Waals surface area contributed by atoms with Crippen LogP contribution in [0.2, 0.25) is 0 Å². The molecule has 5 atom stereocenters. The Balaban J connectivity index is 1.75. The quantitative estimate of drug-likeness (QED) is 0.647. The van der Waals surface area contributed by atoms with Gasteiger partial charge in [-0.05, 0) is 39.2 Å². The summed E-state index contributed by atoms with van der Waals surface area (Å²) in [5, 5.41) is 13.6. The first-order valence-electron chi connectivity index (χ1n) is 6.92. The molecule has 3 heteroatoms. The minimum Gasteiger partial charge on any atom is -0.393 e. The van der Waals surface area contributed by atoms with Crippen molar-refractivity contribution in [3.05, 3.63) is 0 Å². The van der Waals surface area contributed by atoms with Gasteiger partial charge in [-0.15, -0.1) is 0 Å². The molecule has 1 saturated heterocycles. The lowest BCUT2D eigenvalue weighted by Crippen LogP contribution is -2.68. The Morgan fingerprint density at radius 1 is 1.00 bits per heavy atom. The smallest absolute Gasteiger partial charge is 0.0556 e. The Labute approximate surface area is 98.2 Å². The SMILES string of the molecule is CN1C2CCCCC2NC2CC(O)CCC21. The van der Waals surface area contributed by atoms with Gasteiger partial charge in [-0.3, -0.25) is 4.90 Å². The van der Waals surface area contributed by atoms with Crippen LogP contribution in [-0.4, -0.2) is 47.3 Å². The molecule has 3 fully saturated rings. The molecule has 0 amide bonds. The van der Waals surface area contributed by atoms with E-state index in [4.69, 9.17) is 0 Å². The molecule has 0 radical (unpaired) electrons. The van der Waals surface area contributed by atoms with Gasteiger partial charge in [-0.25, -0.2) is 0 Å². The van der Waals surface area contributed by atoms with Crippen LogP contribution in [0.1, 0.15) is 44.9 Å². The molecular weight excluding hydrogens is 200 g/mol. The van der Waals surface area contributed by atoms with E-state index >= 15 is 0 Å². The van der Waals surface area contributed by atoms with Gasteiger partial charge in [0.15, 0.2) is 0 Å².